The second-order valence-electron chi connectivity index (χ2n) is 8.43. The molecule has 0 N–H and O–H groups in total. The van der Waals surface area contributed by atoms with Gasteiger partial charge in [0.2, 0.25) is 0 Å². The van der Waals surface area contributed by atoms with Gasteiger partial charge >= 0.3 is 5.97 Å². The average molecular weight is 508 g/mol. The SMILES string of the molecule is C.CC.CCCCCCCCC(CCCCCCCC)OC(=O)CCCCCCCBr. The number of hydrogen-bond acceptors (Lipinski definition) is 2. The van der Waals surface area contributed by atoms with Gasteiger partial charge in [0.1, 0.15) is 6.10 Å². The average Bonchev–Trinajstić information content (AvgIpc) is 2.76. The second-order valence-corrected chi connectivity index (χ2v) is 9.22. The van der Waals surface area contributed by atoms with Gasteiger partial charge in [-0.05, 0) is 38.5 Å². The zero-order chi connectivity index (χ0) is 22.7. The Morgan fingerprint density at radius 2 is 1.03 bits per heavy atom. The summed E-state index contributed by atoms with van der Waals surface area (Å²) in [5.74, 6) is 0.0439. The van der Waals surface area contributed by atoms with Gasteiger partial charge in [0.15, 0.2) is 0 Å². The van der Waals surface area contributed by atoms with Gasteiger partial charge in [0.05, 0.1) is 0 Å². The topological polar surface area (TPSA) is 26.3 Å². The fourth-order valence-corrected chi connectivity index (χ4v) is 4.10. The Bertz CT molecular complexity index is 304. The fraction of sp³-hybridized carbons (Fsp3) is 0.964. The molecule has 0 heterocycles. The van der Waals surface area contributed by atoms with E-state index in [0.29, 0.717) is 6.42 Å². The van der Waals surface area contributed by atoms with Crippen LogP contribution in [0.2, 0.25) is 0 Å². The van der Waals surface area contributed by atoms with E-state index in [0.717, 1.165) is 31.0 Å². The molecule has 0 aliphatic carbocycles. The minimum Gasteiger partial charge on any atom is -0.462 e. The van der Waals surface area contributed by atoms with Crippen LogP contribution in [0, 0.1) is 0 Å². The molecule has 31 heavy (non-hydrogen) atoms. The Kier molecular flexibility index (Phi) is 36.8. The lowest BCUT2D eigenvalue weighted by atomic mass is 10.0. The molecule has 0 bridgehead atoms. The summed E-state index contributed by atoms with van der Waals surface area (Å²) in [6.07, 6.45) is 24.5. The largest absolute Gasteiger partial charge is 0.462 e. The lowest BCUT2D eigenvalue weighted by Crippen LogP contribution is -2.18. The third kappa shape index (κ3) is 29.9. The number of rotatable bonds is 22. The summed E-state index contributed by atoms with van der Waals surface area (Å²) in [5, 5.41) is 1.09. The molecule has 0 aliphatic rings. The van der Waals surface area contributed by atoms with Gasteiger partial charge in [-0.25, -0.2) is 0 Å². The van der Waals surface area contributed by atoms with Gasteiger partial charge in [0.25, 0.3) is 0 Å². The van der Waals surface area contributed by atoms with E-state index < -0.39 is 0 Å². The molecule has 0 unspecified atom stereocenters. The van der Waals surface area contributed by atoms with Crippen molar-refractivity contribution in [3.8, 4) is 0 Å². The van der Waals surface area contributed by atoms with Crippen molar-refractivity contribution in [3.63, 3.8) is 0 Å². The van der Waals surface area contributed by atoms with E-state index in [1.165, 1.54) is 96.3 Å². The lowest BCUT2D eigenvalue weighted by molar-refractivity contribution is -0.150. The minimum absolute atomic E-state index is 0. The molecule has 0 rings (SSSR count). The first kappa shape index (κ1) is 35.5. The molecule has 190 valence electrons. The van der Waals surface area contributed by atoms with E-state index >= 15 is 0 Å². The molecule has 0 amide bonds. The summed E-state index contributed by atoms with van der Waals surface area (Å²) in [6.45, 7) is 8.52. The van der Waals surface area contributed by atoms with E-state index in [2.05, 4.69) is 29.8 Å². The smallest absolute Gasteiger partial charge is 0.306 e. The summed E-state index contributed by atoms with van der Waals surface area (Å²) in [5.41, 5.74) is 0. The standard InChI is InChI=1S/C25H49BrO2.C2H6.CH4/c1-3-5-7-9-12-16-20-24(21-17-13-10-8-6-4-2)28-25(27)22-18-14-11-15-19-23-26;1-2;/h24H,3-23H2,1-2H3;1-2H3;1H4. The van der Waals surface area contributed by atoms with Crippen LogP contribution in [0.5, 0.6) is 0 Å². The highest BCUT2D eigenvalue weighted by Gasteiger charge is 2.14. The van der Waals surface area contributed by atoms with Crippen molar-refractivity contribution in [1.82, 2.24) is 0 Å². The zero-order valence-electron chi connectivity index (χ0n) is 21.1. The third-order valence-corrected chi connectivity index (χ3v) is 6.13. The molecule has 0 aromatic rings. The summed E-state index contributed by atoms with van der Waals surface area (Å²) in [6, 6.07) is 0. The quantitative estimate of drug-likeness (QED) is 0.0827. The number of esters is 1. The summed E-state index contributed by atoms with van der Waals surface area (Å²) in [7, 11) is 0. The fourth-order valence-electron chi connectivity index (χ4n) is 3.71. The lowest BCUT2D eigenvalue weighted by Gasteiger charge is -2.18. The Morgan fingerprint density at radius 3 is 1.48 bits per heavy atom. The number of carbonyl (C=O) groups is 1. The molecule has 0 atom stereocenters. The number of alkyl halides is 1. The summed E-state index contributed by atoms with van der Waals surface area (Å²) < 4.78 is 5.89. The van der Waals surface area contributed by atoms with Crippen molar-refractivity contribution in [2.24, 2.45) is 0 Å². The molecule has 0 saturated heterocycles. The van der Waals surface area contributed by atoms with Crippen LogP contribution in [0.4, 0.5) is 0 Å². The van der Waals surface area contributed by atoms with Crippen LogP contribution >= 0.6 is 15.9 Å². The Labute approximate surface area is 206 Å². The first-order valence-corrected chi connectivity index (χ1v) is 14.6. The second kappa shape index (κ2) is 32.1. The highest BCUT2D eigenvalue weighted by Crippen LogP contribution is 2.18. The number of hydrogen-bond donors (Lipinski definition) is 0. The number of carbonyl (C=O) groups excluding carboxylic acids is 1. The first-order valence-electron chi connectivity index (χ1n) is 13.5. The van der Waals surface area contributed by atoms with Crippen LogP contribution < -0.4 is 0 Å². The van der Waals surface area contributed by atoms with E-state index in [-0.39, 0.29) is 19.5 Å². The molecule has 0 aromatic heterocycles. The maximum atomic E-state index is 12.3. The van der Waals surface area contributed by atoms with Gasteiger partial charge < -0.3 is 4.74 Å². The van der Waals surface area contributed by atoms with Crippen molar-refractivity contribution < 1.29 is 9.53 Å². The van der Waals surface area contributed by atoms with Gasteiger partial charge in [0, 0.05) is 11.8 Å². The third-order valence-electron chi connectivity index (χ3n) is 5.57. The number of unbranched alkanes of at least 4 members (excludes halogenated alkanes) is 14. The molecular weight excluding hydrogens is 448 g/mol. The van der Waals surface area contributed by atoms with E-state index in [1.807, 2.05) is 13.8 Å². The highest BCUT2D eigenvalue weighted by molar-refractivity contribution is 9.09. The molecule has 0 radical (unpaired) electrons. The van der Waals surface area contributed by atoms with Crippen molar-refractivity contribution in [3.05, 3.63) is 0 Å². The Hall–Kier alpha value is -0.0500. The summed E-state index contributed by atoms with van der Waals surface area (Å²) >= 11 is 3.47. The molecule has 0 saturated carbocycles. The Balaban J connectivity index is -0.00000253. The van der Waals surface area contributed by atoms with Gasteiger partial charge in [-0.15, -0.1) is 0 Å². The van der Waals surface area contributed by atoms with Crippen molar-refractivity contribution >= 4 is 21.9 Å². The van der Waals surface area contributed by atoms with Crippen LogP contribution in [0.15, 0.2) is 0 Å². The highest BCUT2D eigenvalue weighted by atomic mass is 79.9. The molecule has 0 fully saturated rings. The predicted octanol–water partition coefficient (Wildman–Crippen LogP) is 10.8. The Morgan fingerprint density at radius 1 is 0.645 bits per heavy atom. The zero-order valence-corrected chi connectivity index (χ0v) is 22.7. The minimum atomic E-state index is 0. The van der Waals surface area contributed by atoms with Crippen LogP contribution in [0.3, 0.4) is 0 Å². The number of ether oxygens (including phenoxy) is 1. The van der Waals surface area contributed by atoms with Crippen molar-refractivity contribution in [2.75, 3.05) is 5.33 Å². The van der Waals surface area contributed by atoms with E-state index in [1.54, 1.807) is 0 Å². The van der Waals surface area contributed by atoms with E-state index in [9.17, 15) is 4.79 Å². The maximum Gasteiger partial charge on any atom is 0.306 e. The molecule has 2 nitrogen and oxygen atoms in total. The maximum absolute atomic E-state index is 12.3. The van der Waals surface area contributed by atoms with Crippen LogP contribution in [-0.2, 0) is 9.53 Å². The predicted molar refractivity (Wildman–Crippen MR) is 145 cm³/mol. The number of halogens is 1. The van der Waals surface area contributed by atoms with Crippen LogP contribution in [0.25, 0.3) is 0 Å². The van der Waals surface area contributed by atoms with Crippen LogP contribution in [0.1, 0.15) is 164 Å². The molecule has 0 aromatic carbocycles. The molecular formula is C28H59BrO2. The molecule has 3 heteroatoms. The van der Waals surface area contributed by atoms with E-state index in [4.69, 9.17) is 4.74 Å². The molecule has 0 aliphatic heterocycles. The van der Waals surface area contributed by atoms with Crippen LogP contribution in [-0.4, -0.2) is 17.4 Å². The van der Waals surface area contributed by atoms with Gasteiger partial charge in [-0.3, -0.25) is 4.79 Å². The monoisotopic (exact) mass is 506 g/mol. The van der Waals surface area contributed by atoms with Crippen molar-refractivity contribution in [1.29, 1.82) is 0 Å². The van der Waals surface area contributed by atoms with Gasteiger partial charge in [-0.1, -0.05) is 135 Å². The normalized spacial score (nSPS) is 10.4. The molecule has 0 spiro atoms. The van der Waals surface area contributed by atoms with Gasteiger partial charge in [-0.2, -0.15) is 0 Å². The van der Waals surface area contributed by atoms with Crippen molar-refractivity contribution in [2.45, 2.75) is 170 Å². The summed E-state index contributed by atoms with van der Waals surface area (Å²) in [4.78, 5) is 12.3. The first-order chi connectivity index (χ1) is 14.7.